The smallest absolute Gasteiger partial charge is 0.341 e. The van der Waals surface area contributed by atoms with Crippen molar-refractivity contribution < 1.29 is 24.2 Å². The predicted molar refractivity (Wildman–Crippen MR) is 118 cm³/mol. The third-order valence-electron chi connectivity index (χ3n) is 3.72. The lowest BCUT2D eigenvalue weighted by atomic mass is 10.2. The van der Waals surface area contributed by atoms with E-state index in [4.69, 9.17) is 37.8 Å². The van der Waals surface area contributed by atoms with Crippen molar-refractivity contribution in [1.82, 2.24) is 5.32 Å². The van der Waals surface area contributed by atoms with E-state index in [9.17, 15) is 9.59 Å². The minimum absolute atomic E-state index is 0.303. The van der Waals surface area contributed by atoms with Gasteiger partial charge in [-0.2, -0.15) is 0 Å². The summed E-state index contributed by atoms with van der Waals surface area (Å²) < 4.78 is 10.7. The van der Waals surface area contributed by atoms with E-state index in [1.807, 2.05) is 0 Å². The number of nitrogens with one attached hydrogen (secondary N) is 1. The average Bonchev–Trinajstić information content (AvgIpc) is 3.04. The molecule has 2 aromatic carbocycles. The number of benzene rings is 2. The summed E-state index contributed by atoms with van der Waals surface area (Å²) in [4.78, 5) is 27.8. The molecule has 0 aromatic heterocycles. The first-order valence-electron chi connectivity index (χ1n) is 8.72. The van der Waals surface area contributed by atoms with Gasteiger partial charge in [-0.15, -0.1) is 0 Å². The molecular formula is C20H16Cl2N2O5S. The highest BCUT2D eigenvalue weighted by Crippen LogP contribution is 2.35. The summed E-state index contributed by atoms with van der Waals surface area (Å²) in [5, 5.41) is 12.5. The number of carboxylic acid groups (broad SMARTS) is 1. The van der Waals surface area contributed by atoms with Crippen molar-refractivity contribution >= 4 is 63.8 Å². The monoisotopic (exact) mass is 466 g/mol. The molecule has 1 amide bonds. The number of hydrogen-bond donors (Lipinski definition) is 2. The largest absolute Gasteiger partial charge is 0.490 e. The summed E-state index contributed by atoms with van der Waals surface area (Å²) >= 11 is 13.3. The van der Waals surface area contributed by atoms with Crippen molar-refractivity contribution in [3.63, 3.8) is 0 Å². The molecule has 0 saturated carbocycles. The van der Waals surface area contributed by atoms with E-state index in [0.29, 0.717) is 49.5 Å². The van der Waals surface area contributed by atoms with Gasteiger partial charge in [-0.1, -0.05) is 35.3 Å². The summed E-state index contributed by atoms with van der Waals surface area (Å²) in [6.07, 6.45) is 1.67. The van der Waals surface area contributed by atoms with Gasteiger partial charge in [0.1, 0.15) is 0 Å². The quantitative estimate of drug-likeness (QED) is 0.571. The number of ether oxygens (including phenoxy) is 2. The van der Waals surface area contributed by atoms with Crippen LogP contribution in [0.5, 0.6) is 11.5 Å². The van der Waals surface area contributed by atoms with Gasteiger partial charge in [-0.25, -0.2) is 9.79 Å². The number of nitrogens with zero attached hydrogens (tertiary/aromatic N) is 1. The first-order valence-corrected chi connectivity index (χ1v) is 10.3. The molecule has 30 heavy (non-hydrogen) atoms. The van der Waals surface area contributed by atoms with Gasteiger partial charge in [0.2, 0.25) is 0 Å². The molecule has 10 heteroatoms. The lowest BCUT2D eigenvalue weighted by molar-refractivity contribution is -0.139. The fourth-order valence-electron chi connectivity index (χ4n) is 2.46. The zero-order chi connectivity index (χ0) is 21.7. The summed E-state index contributed by atoms with van der Waals surface area (Å²) in [6.45, 7) is 1.69. The minimum atomic E-state index is -1.09. The van der Waals surface area contributed by atoms with E-state index in [0.717, 1.165) is 11.8 Å². The highest BCUT2D eigenvalue weighted by molar-refractivity contribution is 8.18. The maximum Gasteiger partial charge on any atom is 0.341 e. The van der Waals surface area contributed by atoms with Crippen LogP contribution in [-0.4, -0.2) is 35.4 Å². The Bertz CT molecular complexity index is 1060. The number of amidine groups is 1. The Morgan fingerprint density at radius 2 is 2.03 bits per heavy atom. The Morgan fingerprint density at radius 3 is 2.77 bits per heavy atom. The predicted octanol–water partition coefficient (Wildman–Crippen LogP) is 4.75. The standard InChI is InChI=1S/C20H16Cl2N2O5S/c1-2-28-15-8-11(6-7-14(15)29-10-17(25)26)9-16-19(27)24-20(30-16)23-13-5-3-4-12(21)18(13)22/h3-9H,2,10H2,1H3,(H,25,26)(H,23,24,27)/b16-9+. The van der Waals surface area contributed by atoms with Crippen LogP contribution < -0.4 is 14.8 Å². The van der Waals surface area contributed by atoms with E-state index < -0.39 is 12.6 Å². The number of thioether (sulfide) groups is 1. The molecule has 1 aliphatic heterocycles. The molecule has 2 N–H and O–H groups in total. The van der Waals surface area contributed by atoms with E-state index in [1.165, 1.54) is 0 Å². The van der Waals surface area contributed by atoms with Crippen molar-refractivity contribution in [3.8, 4) is 11.5 Å². The maximum atomic E-state index is 12.3. The lowest BCUT2D eigenvalue weighted by Gasteiger charge is -2.11. The van der Waals surface area contributed by atoms with Gasteiger partial charge in [-0.3, -0.25) is 4.79 Å². The van der Waals surface area contributed by atoms with Gasteiger partial charge in [0.15, 0.2) is 23.3 Å². The number of aliphatic imine (C=N–C) groups is 1. The zero-order valence-corrected chi connectivity index (χ0v) is 18.0. The number of rotatable bonds is 7. The Hall–Kier alpha value is -2.68. The van der Waals surface area contributed by atoms with Crippen molar-refractivity contribution in [2.24, 2.45) is 4.99 Å². The molecule has 1 saturated heterocycles. The van der Waals surface area contributed by atoms with Gasteiger partial charge in [0, 0.05) is 0 Å². The van der Waals surface area contributed by atoms with Crippen LogP contribution in [0.4, 0.5) is 5.69 Å². The number of carbonyl (C=O) groups excluding carboxylic acids is 1. The topological polar surface area (TPSA) is 97.2 Å². The van der Waals surface area contributed by atoms with Crippen molar-refractivity contribution in [3.05, 3.63) is 56.9 Å². The van der Waals surface area contributed by atoms with Crippen molar-refractivity contribution in [1.29, 1.82) is 0 Å². The number of aliphatic carboxylic acids is 1. The molecule has 0 radical (unpaired) electrons. The molecule has 1 heterocycles. The first kappa shape index (κ1) is 22.0. The molecule has 3 rings (SSSR count). The Kier molecular flexibility index (Phi) is 7.25. The van der Waals surface area contributed by atoms with Gasteiger partial charge >= 0.3 is 5.97 Å². The zero-order valence-electron chi connectivity index (χ0n) is 15.6. The Balaban J connectivity index is 1.83. The van der Waals surface area contributed by atoms with E-state index in [-0.39, 0.29) is 5.91 Å². The summed E-state index contributed by atoms with van der Waals surface area (Å²) in [6, 6.07) is 10.0. The molecule has 1 fully saturated rings. The second kappa shape index (κ2) is 9.88. The van der Waals surface area contributed by atoms with Crippen LogP contribution >= 0.6 is 35.0 Å². The number of carbonyl (C=O) groups is 2. The minimum Gasteiger partial charge on any atom is -0.490 e. The number of hydrogen-bond acceptors (Lipinski definition) is 6. The second-order valence-electron chi connectivity index (χ2n) is 5.88. The summed E-state index contributed by atoms with van der Waals surface area (Å²) in [5.41, 5.74) is 1.13. The second-order valence-corrected chi connectivity index (χ2v) is 7.69. The van der Waals surface area contributed by atoms with E-state index in [2.05, 4.69) is 10.3 Å². The van der Waals surface area contributed by atoms with Gasteiger partial charge in [0.05, 0.1) is 27.2 Å². The molecule has 0 atom stereocenters. The van der Waals surface area contributed by atoms with Crippen LogP contribution in [0.25, 0.3) is 6.08 Å². The maximum absolute atomic E-state index is 12.3. The Labute approximate surface area is 186 Å². The van der Waals surface area contributed by atoms with E-state index >= 15 is 0 Å². The summed E-state index contributed by atoms with van der Waals surface area (Å²) in [7, 11) is 0. The highest BCUT2D eigenvalue weighted by Gasteiger charge is 2.24. The van der Waals surface area contributed by atoms with E-state index in [1.54, 1.807) is 49.4 Å². The van der Waals surface area contributed by atoms with Crippen LogP contribution in [0.15, 0.2) is 46.3 Å². The van der Waals surface area contributed by atoms with Gasteiger partial charge < -0.3 is 19.9 Å². The SMILES string of the molecule is CCOc1cc(/C=C2/SC(=Nc3cccc(Cl)c3Cl)NC2=O)ccc1OCC(=O)O. The molecule has 2 aromatic rings. The molecule has 156 valence electrons. The number of amides is 1. The fraction of sp³-hybridized carbons (Fsp3) is 0.150. The van der Waals surface area contributed by atoms with Crippen LogP contribution in [0.1, 0.15) is 12.5 Å². The summed E-state index contributed by atoms with van der Waals surface area (Å²) in [5.74, 6) is -0.700. The van der Waals surface area contributed by atoms with Crippen LogP contribution in [-0.2, 0) is 9.59 Å². The molecule has 0 aliphatic carbocycles. The van der Waals surface area contributed by atoms with Crippen molar-refractivity contribution in [2.75, 3.05) is 13.2 Å². The highest BCUT2D eigenvalue weighted by atomic mass is 35.5. The van der Waals surface area contributed by atoms with Crippen LogP contribution in [0.2, 0.25) is 10.0 Å². The van der Waals surface area contributed by atoms with Gasteiger partial charge in [-0.05, 0) is 54.6 Å². The Morgan fingerprint density at radius 1 is 1.23 bits per heavy atom. The molecular weight excluding hydrogens is 451 g/mol. The number of carboxylic acids is 1. The number of halogens is 2. The molecule has 0 unspecified atom stereocenters. The molecule has 7 nitrogen and oxygen atoms in total. The van der Waals surface area contributed by atoms with Crippen LogP contribution in [0.3, 0.4) is 0 Å². The lowest BCUT2D eigenvalue weighted by Crippen LogP contribution is -2.19. The third kappa shape index (κ3) is 5.47. The van der Waals surface area contributed by atoms with Crippen molar-refractivity contribution in [2.45, 2.75) is 6.92 Å². The molecule has 1 aliphatic rings. The molecule has 0 spiro atoms. The first-order chi connectivity index (χ1) is 14.4. The van der Waals surface area contributed by atoms with Crippen LogP contribution in [0, 0.1) is 0 Å². The normalized spacial score (nSPS) is 16.0. The molecule has 0 bridgehead atoms. The average molecular weight is 467 g/mol. The van der Waals surface area contributed by atoms with Gasteiger partial charge in [0.25, 0.3) is 5.91 Å². The fourth-order valence-corrected chi connectivity index (χ4v) is 3.63. The third-order valence-corrected chi connectivity index (χ3v) is 5.44.